The number of anilines is 1. The molecular formula is C10H9BrClFN2O. The Morgan fingerprint density at radius 2 is 2.44 bits per heavy atom. The van der Waals surface area contributed by atoms with Crippen molar-refractivity contribution in [3.05, 3.63) is 22.6 Å². The van der Waals surface area contributed by atoms with Crippen LogP contribution in [0.5, 0.6) is 0 Å². The summed E-state index contributed by atoms with van der Waals surface area (Å²) in [6.07, 6.45) is 1.83. The van der Waals surface area contributed by atoms with E-state index in [9.17, 15) is 9.18 Å². The molecule has 0 spiro atoms. The summed E-state index contributed by atoms with van der Waals surface area (Å²) in [7, 11) is 0. The number of nitrogens with zero attached hydrogens (tertiary/aromatic N) is 2. The number of hydrogen-bond donors (Lipinski definition) is 0. The van der Waals surface area contributed by atoms with Gasteiger partial charge in [0.05, 0.1) is 0 Å². The molecule has 16 heavy (non-hydrogen) atoms. The van der Waals surface area contributed by atoms with Gasteiger partial charge in [0.1, 0.15) is 0 Å². The third-order valence-corrected chi connectivity index (χ3v) is 3.34. The van der Waals surface area contributed by atoms with Gasteiger partial charge in [-0.25, -0.2) is 9.37 Å². The second-order valence-corrected chi connectivity index (χ2v) is 4.91. The predicted octanol–water partition coefficient (Wildman–Crippen LogP) is 2.57. The SMILES string of the molecule is O=C1CC(CCl)CN1c1ncc(Br)cc1F. The zero-order chi connectivity index (χ0) is 11.7. The van der Waals surface area contributed by atoms with E-state index in [0.717, 1.165) is 0 Å². The van der Waals surface area contributed by atoms with Crippen LogP contribution in [0.25, 0.3) is 0 Å². The number of pyridine rings is 1. The first-order chi connectivity index (χ1) is 7.61. The molecule has 0 bridgehead atoms. The minimum Gasteiger partial charge on any atom is -0.294 e. The highest BCUT2D eigenvalue weighted by Crippen LogP contribution is 2.27. The highest BCUT2D eigenvalue weighted by atomic mass is 79.9. The first-order valence-corrected chi connectivity index (χ1v) is 6.12. The van der Waals surface area contributed by atoms with Crippen LogP contribution < -0.4 is 4.90 Å². The predicted molar refractivity (Wildman–Crippen MR) is 63.1 cm³/mol. The Kier molecular flexibility index (Phi) is 3.44. The molecule has 1 fully saturated rings. The summed E-state index contributed by atoms with van der Waals surface area (Å²) in [6, 6.07) is 1.30. The fraction of sp³-hybridized carbons (Fsp3) is 0.400. The number of amides is 1. The van der Waals surface area contributed by atoms with Crippen molar-refractivity contribution in [2.45, 2.75) is 6.42 Å². The molecule has 3 nitrogen and oxygen atoms in total. The summed E-state index contributed by atoms with van der Waals surface area (Å²) >= 11 is 8.81. The fourth-order valence-electron chi connectivity index (χ4n) is 1.70. The Bertz CT molecular complexity index is 429. The summed E-state index contributed by atoms with van der Waals surface area (Å²) in [5.41, 5.74) is 0. The average molecular weight is 308 g/mol. The quantitative estimate of drug-likeness (QED) is 0.787. The zero-order valence-electron chi connectivity index (χ0n) is 8.29. The topological polar surface area (TPSA) is 33.2 Å². The van der Waals surface area contributed by atoms with Crippen LogP contribution in [0, 0.1) is 11.7 Å². The fourth-order valence-corrected chi connectivity index (χ4v) is 2.21. The lowest BCUT2D eigenvalue weighted by Crippen LogP contribution is -2.26. The molecule has 1 unspecified atom stereocenters. The van der Waals surface area contributed by atoms with Gasteiger partial charge in [0.25, 0.3) is 0 Å². The van der Waals surface area contributed by atoms with Gasteiger partial charge < -0.3 is 0 Å². The number of halogens is 3. The Morgan fingerprint density at radius 3 is 3.00 bits per heavy atom. The van der Waals surface area contributed by atoms with Crippen LogP contribution >= 0.6 is 27.5 Å². The van der Waals surface area contributed by atoms with Crippen molar-refractivity contribution in [1.29, 1.82) is 0 Å². The van der Waals surface area contributed by atoms with Gasteiger partial charge in [0, 0.05) is 29.5 Å². The van der Waals surface area contributed by atoms with E-state index in [1.165, 1.54) is 17.2 Å². The largest absolute Gasteiger partial charge is 0.294 e. The molecule has 1 saturated heterocycles. The second kappa shape index (κ2) is 4.67. The van der Waals surface area contributed by atoms with Crippen LogP contribution in [0.4, 0.5) is 10.2 Å². The maximum absolute atomic E-state index is 13.6. The Balaban J connectivity index is 2.28. The van der Waals surface area contributed by atoms with Gasteiger partial charge in [0.2, 0.25) is 5.91 Å². The van der Waals surface area contributed by atoms with E-state index in [2.05, 4.69) is 20.9 Å². The molecule has 0 saturated carbocycles. The number of aromatic nitrogens is 1. The van der Waals surface area contributed by atoms with E-state index in [0.29, 0.717) is 23.3 Å². The average Bonchev–Trinajstić information content (AvgIpc) is 2.60. The van der Waals surface area contributed by atoms with Crippen LogP contribution in [0.1, 0.15) is 6.42 Å². The van der Waals surface area contributed by atoms with Crippen molar-refractivity contribution < 1.29 is 9.18 Å². The molecule has 0 radical (unpaired) electrons. The van der Waals surface area contributed by atoms with Crippen LogP contribution in [-0.4, -0.2) is 23.3 Å². The highest BCUT2D eigenvalue weighted by Gasteiger charge is 2.32. The minimum atomic E-state index is -0.502. The van der Waals surface area contributed by atoms with Crippen LogP contribution in [0.2, 0.25) is 0 Å². The summed E-state index contributed by atoms with van der Waals surface area (Å²) in [4.78, 5) is 16.9. The van der Waals surface area contributed by atoms with Crippen molar-refractivity contribution in [2.75, 3.05) is 17.3 Å². The molecule has 2 heterocycles. The molecule has 0 N–H and O–H groups in total. The summed E-state index contributed by atoms with van der Waals surface area (Å²) in [5.74, 6) is -0.0578. The number of carbonyl (C=O) groups is 1. The molecule has 86 valence electrons. The zero-order valence-corrected chi connectivity index (χ0v) is 10.6. The molecule has 1 aromatic rings. The van der Waals surface area contributed by atoms with Gasteiger partial charge in [-0.2, -0.15) is 0 Å². The Hall–Kier alpha value is -0.680. The van der Waals surface area contributed by atoms with Crippen LogP contribution in [-0.2, 0) is 4.79 Å². The molecule has 2 rings (SSSR count). The van der Waals surface area contributed by atoms with Gasteiger partial charge >= 0.3 is 0 Å². The Labute approximate surface area is 106 Å². The molecule has 0 aliphatic carbocycles. The molecule has 1 aromatic heterocycles. The minimum absolute atomic E-state index is 0.0824. The molecular weight excluding hydrogens is 298 g/mol. The smallest absolute Gasteiger partial charge is 0.228 e. The van der Waals surface area contributed by atoms with E-state index in [1.54, 1.807) is 0 Å². The van der Waals surface area contributed by atoms with E-state index in [1.807, 2.05) is 0 Å². The van der Waals surface area contributed by atoms with Gasteiger partial charge in [0.15, 0.2) is 11.6 Å². The van der Waals surface area contributed by atoms with E-state index in [4.69, 9.17) is 11.6 Å². The Morgan fingerprint density at radius 1 is 1.69 bits per heavy atom. The molecule has 1 aliphatic rings. The van der Waals surface area contributed by atoms with Crippen molar-refractivity contribution in [3.8, 4) is 0 Å². The maximum Gasteiger partial charge on any atom is 0.228 e. The summed E-state index contributed by atoms with van der Waals surface area (Å²) in [6.45, 7) is 0.438. The van der Waals surface area contributed by atoms with Crippen molar-refractivity contribution in [1.82, 2.24) is 4.98 Å². The lowest BCUT2D eigenvalue weighted by Gasteiger charge is -2.15. The van der Waals surface area contributed by atoms with E-state index in [-0.39, 0.29) is 17.6 Å². The third kappa shape index (κ3) is 2.20. The maximum atomic E-state index is 13.6. The molecule has 1 atom stereocenters. The second-order valence-electron chi connectivity index (χ2n) is 3.69. The third-order valence-electron chi connectivity index (χ3n) is 2.47. The number of alkyl halides is 1. The van der Waals surface area contributed by atoms with Crippen LogP contribution in [0.15, 0.2) is 16.7 Å². The van der Waals surface area contributed by atoms with E-state index >= 15 is 0 Å². The summed E-state index contributed by atoms with van der Waals surface area (Å²) in [5, 5.41) is 0. The number of carbonyl (C=O) groups excluding carboxylic acids is 1. The molecule has 6 heteroatoms. The molecule has 1 amide bonds. The van der Waals surface area contributed by atoms with Crippen molar-refractivity contribution in [3.63, 3.8) is 0 Å². The normalized spacial score (nSPS) is 20.6. The highest BCUT2D eigenvalue weighted by molar-refractivity contribution is 9.10. The van der Waals surface area contributed by atoms with Gasteiger partial charge in [-0.1, -0.05) is 0 Å². The van der Waals surface area contributed by atoms with Gasteiger partial charge in [-0.05, 0) is 27.9 Å². The molecule has 1 aliphatic heterocycles. The first-order valence-electron chi connectivity index (χ1n) is 4.79. The molecule has 0 aromatic carbocycles. The van der Waals surface area contributed by atoms with Gasteiger partial charge in [-0.15, -0.1) is 11.6 Å². The number of rotatable bonds is 2. The lowest BCUT2D eigenvalue weighted by atomic mass is 10.1. The first kappa shape index (κ1) is 11.8. The number of hydrogen-bond acceptors (Lipinski definition) is 2. The lowest BCUT2D eigenvalue weighted by molar-refractivity contribution is -0.117. The van der Waals surface area contributed by atoms with E-state index < -0.39 is 5.82 Å². The monoisotopic (exact) mass is 306 g/mol. The summed E-state index contributed by atoms with van der Waals surface area (Å²) < 4.78 is 14.1. The van der Waals surface area contributed by atoms with Crippen molar-refractivity contribution >= 4 is 39.3 Å². The van der Waals surface area contributed by atoms with Crippen molar-refractivity contribution in [2.24, 2.45) is 5.92 Å². The van der Waals surface area contributed by atoms with Gasteiger partial charge in [-0.3, -0.25) is 9.69 Å². The van der Waals surface area contributed by atoms with Crippen LogP contribution in [0.3, 0.4) is 0 Å². The standard InChI is InChI=1S/C10H9BrClFN2O/c11-7-2-8(13)10(14-4-7)15-5-6(3-12)1-9(15)16/h2,4,6H,1,3,5H2.